The second-order valence-corrected chi connectivity index (χ2v) is 26.3. The third-order valence-electron chi connectivity index (χ3n) is 17.1. The molecule has 0 fully saturated rings. The third kappa shape index (κ3) is 8.02. The van der Waals surface area contributed by atoms with Gasteiger partial charge in [-0.15, -0.1) is 0 Å². The number of fused-ring (bicyclic) bond motifs is 6. The van der Waals surface area contributed by atoms with Crippen LogP contribution < -0.4 is 20.6 Å². The second-order valence-electron chi connectivity index (χ2n) is 26.3. The van der Waals surface area contributed by atoms with Crippen LogP contribution in [-0.2, 0) is 27.1 Å². The van der Waals surface area contributed by atoms with E-state index in [0.717, 1.165) is 6.42 Å². The highest BCUT2D eigenvalue weighted by atomic mass is 15.2. The maximum atomic E-state index is 2.70. The van der Waals surface area contributed by atoms with Crippen LogP contribution in [0.15, 0.2) is 152 Å². The molecule has 0 radical (unpaired) electrons. The number of aryl methyl sites for hydroxylation is 2. The first-order valence-corrected chi connectivity index (χ1v) is 26.8. The lowest BCUT2D eigenvalue weighted by Gasteiger charge is -2.47. The van der Waals surface area contributed by atoms with Crippen LogP contribution in [0.4, 0.5) is 28.4 Å². The molecule has 2 aliphatic heterocycles. The molecule has 0 atom stereocenters. The van der Waals surface area contributed by atoms with E-state index in [4.69, 9.17) is 0 Å². The van der Waals surface area contributed by atoms with Crippen molar-refractivity contribution < 1.29 is 0 Å². The molecule has 1 aliphatic carbocycles. The molecule has 72 heavy (non-hydrogen) atoms. The van der Waals surface area contributed by atoms with E-state index < -0.39 is 0 Å². The van der Waals surface area contributed by atoms with Gasteiger partial charge in [-0.3, -0.25) is 0 Å². The Balaban J connectivity index is 1.23. The summed E-state index contributed by atoms with van der Waals surface area (Å²) in [6.07, 6.45) is 2.35. The topological polar surface area (TPSA) is 6.48 Å². The highest BCUT2D eigenvalue weighted by Crippen LogP contribution is 2.53. The van der Waals surface area contributed by atoms with Gasteiger partial charge in [-0.1, -0.05) is 199 Å². The number of benzene rings is 8. The molecule has 0 N–H and O–H groups in total. The summed E-state index contributed by atoms with van der Waals surface area (Å²) in [5, 5.41) is 2.52. The minimum Gasteiger partial charge on any atom is -0.376 e. The van der Waals surface area contributed by atoms with Gasteiger partial charge in [0.2, 0.25) is 0 Å². The quantitative estimate of drug-likeness (QED) is 0.125. The highest BCUT2D eigenvalue weighted by molar-refractivity contribution is 6.93. The number of hydrogen-bond donors (Lipinski definition) is 0. The number of hydrogen-bond acceptors (Lipinski definition) is 2. The Hall–Kier alpha value is -6.32. The molecular formula is C69H75BN2. The molecule has 0 saturated carbocycles. The van der Waals surface area contributed by atoms with Crippen molar-refractivity contribution in [1.82, 2.24) is 0 Å². The Morgan fingerprint density at radius 1 is 0.458 bits per heavy atom. The van der Waals surface area contributed by atoms with Gasteiger partial charge in [-0.25, -0.2) is 0 Å². The van der Waals surface area contributed by atoms with Crippen molar-refractivity contribution in [3.8, 4) is 11.1 Å². The summed E-state index contributed by atoms with van der Waals surface area (Å²) in [5.74, 6) is 0.0125. The maximum Gasteiger partial charge on any atom is 0.333 e. The van der Waals surface area contributed by atoms with Crippen molar-refractivity contribution >= 4 is 57.0 Å². The zero-order valence-electron chi connectivity index (χ0n) is 45.9. The molecule has 3 aliphatic rings. The number of rotatable bonds is 5. The molecule has 0 bridgehead atoms. The van der Waals surface area contributed by atoms with Crippen molar-refractivity contribution in [1.29, 1.82) is 0 Å². The molecule has 0 aromatic heterocycles. The minimum atomic E-state index is -0.0889. The fourth-order valence-corrected chi connectivity index (χ4v) is 12.5. The van der Waals surface area contributed by atoms with Gasteiger partial charge in [0.25, 0.3) is 0 Å². The highest BCUT2D eigenvalue weighted by Gasteiger charge is 2.47. The van der Waals surface area contributed by atoms with Gasteiger partial charge in [-0.2, -0.15) is 0 Å². The predicted octanol–water partition coefficient (Wildman–Crippen LogP) is 17.6. The minimum absolute atomic E-state index is 0.0125. The molecule has 0 saturated heterocycles. The first kappa shape index (κ1) is 48.0. The third-order valence-corrected chi connectivity index (χ3v) is 17.1. The zero-order valence-corrected chi connectivity index (χ0v) is 45.9. The van der Waals surface area contributed by atoms with E-state index in [0.29, 0.717) is 0 Å². The maximum absolute atomic E-state index is 2.70. The summed E-state index contributed by atoms with van der Waals surface area (Å²) in [5.41, 5.74) is 25.3. The monoisotopic (exact) mass is 943 g/mol. The van der Waals surface area contributed by atoms with Crippen molar-refractivity contribution in [2.45, 2.75) is 150 Å². The van der Waals surface area contributed by atoms with Gasteiger partial charge in [-0.05, 0) is 179 Å². The SMILES string of the molecule is Cc1cc2c3c(c1)N(c1cc4c(cc1C)C(C)(C)CCC4(C)C)c1cc(C(c4ccc(C(C)(C)C)cc4)c4ccc(C(C)(C)C)cc4)ccc1B3N(c1ccc(C(C)(C)C)cc1)c1cc3ccccc3cc1-2. The van der Waals surface area contributed by atoms with Crippen LogP contribution in [0.2, 0.25) is 0 Å². The lowest BCUT2D eigenvalue weighted by molar-refractivity contribution is 0.332. The standard InChI is InChI=1S/C69H75BN2/c1-43-36-55-54-39-47-18-16-17-19-48(47)40-60(54)72(53-31-29-52(30-32-53)67(9,10)11)70-58-33-24-49(63(45-20-25-50(26-21-45)65(3,4)5)46-22-27-51(28-23-46)66(6,7)8)41-61(58)71(62(37-43)64(55)70)59-42-57-56(38-44(59)2)68(12,13)34-35-69(57,14)15/h16-33,36-42,63H,34-35H2,1-15H3. The first-order valence-electron chi connectivity index (χ1n) is 26.8. The molecule has 11 rings (SSSR count). The summed E-state index contributed by atoms with van der Waals surface area (Å²) >= 11 is 0. The molecule has 0 spiro atoms. The Morgan fingerprint density at radius 2 is 0.958 bits per heavy atom. The van der Waals surface area contributed by atoms with Crippen LogP contribution >= 0.6 is 0 Å². The van der Waals surface area contributed by atoms with Crippen LogP contribution in [0.1, 0.15) is 164 Å². The Kier molecular flexibility index (Phi) is 11.1. The van der Waals surface area contributed by atoms with Crippen molar-refractivity contribution in [2.24, 2.45) is 0 Å². The fraction of sp³-hybridized carbons (Fsp3) is 0.333. The predicted molar refractivity (Wildman–Crippen MR) is 312 cm³/mol. The molecule has 3 heteroatoms. The molecule has 0 amide bonds. The number of anilines is 5. The lowest BCUT2D eigenvalue weighted by atomic mass is 9.43. The summed E-state index contributed by atoms with van der Waals surface area (Å²) in [6.45, 7) is 35.2. The summed E-state index contributed by atoms with van der Waals surface area (Å²) in [6, 6.07) is 60.1. The Bertz CT molecular complexity index is 3360. The average Bonchev–Trinajstić information content (AvgIpc) is 3.32. The van der Waals surface area contributed by atoms with Gasteiger partial charge < -0.3 is 9.71 Å². The molecule has 8 aromatic rings. The van der Waals surface area contributed by atoms with E-state index >= 15 is 0 Å². The van der Waals surface area contributed by atoms with Crippen molar-refractivity contribution in [2.75, 3.05) is 9.71 Å². The van der Waals surface area contributed by atoms with E-state index in [1.165, 1.54) is 123 Å². The van der Waals surface area contributed by atoms with Gasteiger partial charge in [0, 0.05) is 39.9 Å². The summed E-state index contributed by atoms with van der Waals surface area (Å²) in [4.78, 5) is 5.38. The van der Waals surface area contributed by atoms with Gasteiger partial charge in [0.1, 0.15) is 0 Å². The molecular weight excluding hydrogens is 868 g/mol. The molecule has 2 nitrogen and oxygen atoms in total. The van der Waals surface area contributed by atoms with E-state index in [1.54, 1.807) is 0 Å². The van der Waals surface area contributed by atoms with E-state index in [2.05, 4.69) is 265 Å². The number of nitrogens with zero attached hydrogens (tertiary/aromatic N) is 2. The Labute approximate surface area is 432 Å². The molecule has 364 valence electrons. The lowest BCUT2D eigenvalue weighted by Crippen LogP contribution is -2.61. The molecule has 8 aromatic carbocycles. The van der Waals surface area contributed by atoms with E-state index in [-0.39, 0.29) is 39.8 Å². The second kappa shape index (κ2) is 16.6. The van der Waals surface area contributed by atoms with E-state index in [1.807, 2.05) is 0 Å². The van der Waals surface area contributed by atoms with Crippen LogP contribution in [0.3, 0.4) is 0 Å². The van der Waals surface area contributed by atoms with Crippen molar-refractivity contribution in [3.05, 3.63) is 207 Å². The van der Waals surface area contributed by atoms with Crippen LogP contribution in [0, 0.1) is 13.8 Å². The molecule has 0 unspecified atom stereocenters. The van der Waals surface area contributed by atoms with Gasteiger partial charge in [0.05, 0.1) is 0 Å². The van der Waals surface area contributed by atoms with E-state index in [9.17, 15) is 0 Å². The average molecular weight is 943 g/mol. The Morgan fingerprint density at radius 3 is 1.50 bits per heavy atom. The normalized spacial score (nSPS) is 15.9. The summed E-state index contributed by atoms with van der Waals surface area (Å²) in [7, 11) is 0. The van der Waals surface area contributed by atoms with Gasteiger partial charge >= 0.3 is 6.85 Å². The molecule has 2 heterocycles. The van der Waals surface area contributed by atoms with Crippen LogP contribution in [0.5, 0.6) is 0 Å². The van der Waals surface area contributed by atoms with Crippen LogP contribution in [-0.4, -0.2) is 6.85 Å². The first-order chi connectivity index (χ1) is 33.9. The largest absolute Gasteiger partial charge is 0.376 e. The van der Waals surface area contributed by atoms with Crippen molar-refractivity contribution in [3.63, 3.8) is 0 Å². The van der Waals surface area contributed by atoms with Crippen LogP contribution in [0.25, 0.3) is 21.9 Å². The smallest absolute Gasteiger partial charge is 0.333 e. The fourth-order valence-electron chi connectivity index (χ4n) is 12.5. The zero-order chi connectivity index (χ0) is 51.0. The van der Waals surface area contributed by atoms with Gasteiger partial charge in [0.15, 0.2) is 0 Å². The summed E-state index contributed by atoms with van der Waals surface area (Å²) < 4.78 is 0.